The van der Waals surface area contributed by atoms with Gasteiger partial charge in [0.2, 0.25) is 0 Å². The number of halogens is 1. The number of carbonyl (C=O) groups excluding carboxylic acids is 1. The van der Waals surface area contributed by atoms with Crippen LogP contribution in [0.15, 0.2) is 65.1 Å². The highest BCUT2D eigenvalue weighted by Gasteiger charge is 2.21. The molecule has 32 heavy (non-hydrogen) atoms. The Morgan fingerprint density at radius 1 is 1.22 bits per heavy atom. The zero-order chi connectivity index (χ0) is 22.7. The fraction of sp³-hybridized carbons (Fsp3) is 0.143. The van der Waals surface area contributed by atoms with Gasteiger partial charge in [-0.1, -0.05) is 11.6 Å². The monoisotopic (exact) mass is 490 g/mol. The number of sulfonamides is 1. The number of ether oxygens (including phenoxy) is 1. The number of benzene rings is 2. The normalized spacial score (nSPS) is 11.4. The molecule has 0 fully saturated rings. The summed E-state index contributed by atoms with van der Waals surface area (Å²) in [6.45, 7) is 2.58. The SMILES string of the molecule is CCOc1ccc(NS(=O)(=O)c2cc(C(=O)NCc3cn4ccsc4n3)ccc2Cl)cc1. The Labute approximate surface area is 193 Å². The molecule has 4 rings (SSSR count). The van der Waals surface area contributed by atoms with E-state index >= 15 is 0 Å². The minimum absolute atomic E-state index is 0.00863. The first-order chi connectivity index (χ1) is 15.4. The molecule has 0 aliphatic carbocycles. The lowest BCUT2D eigenvalue weighted by Gasteiger charge is -2.12. The summed E-state index contributed by atoms with van der Waals surface area (Å²) in [6.07, 6.45) is 3.70. The van der Waals surface area contributed by atoms with E-state index in [2.05, 4.69) is 15.0 Å². The molecule has 0 aliphatic rings. The number of hydrogen-bond donors (Lipinski definition) is 2. The van der Waals surface area contributed by atoms with Gasteiger partial charge in [0.15, 0.2) is 4.96 Å². The summed E-state index contributed by atoms with van der Waals surface area (Å²) in [4.78, 5) is 17.6. The molecule has 0 aliphatic heterocycles. The summed E-state index contributed by atoms with van der Waals surface area (Å²) in [5.74, 6) is 0.195. The highest BCUT2D eigenvalue weighted by Crippen LogP contribution is 2.26. The molecule has 2 heterocycles. The van der Waals surface area contributed by atoms with Gasteiger partial charge in [-0.05, 0) is 49.4 Å². The van der Waals surface area contributed by atoms with Crippen molar-refractivity contribution in [3.05, 3.63) is 76.5 Å². The summed E-state index contributed by atoms with van der Waals surface area (Å²) in [5, 5.41) is 4.68. The highest BCUT2D eigenvalue weighted by molar-refractivity contribution is 7.92. The van der Waals surface area contributed by atoms with Crippen LogP contribution in [0.1, 0.15) is 23.0 Å². The molecule has 11 heteroatoms. The third-order valence-electron chi connectivity index (χ3n) is 4.47. The predicted octanol–water partition coefficient (Wildman–Crippen LogP) is 4.18. The van der Waals surface area contributed by atoms with E-state index in [1.807, 2.05) is 29.1 Å². The molecule has 0 radical (unpaired) electrons. The van der Waals surface area contributed by atoms with Gasteiger partial charge < -0.3 is 10.1 Å². The summed E-state index contributed by atoms with van der Waals surface area (Å²) in [7, 11) is -4.02. The quantitative estimate of drug-likeness (QED) is 0.386. The Morgan fingerprint density at radius 3 is 2.72 bits per heavy atom. The molecule has 0 saturated heterocycles. The smallest absolute Gasteiger partial charge is 0.263 e. The summed E-state index contributed by atoms with van der Waals surface area (Å²) in [6, 6.07) is 10.6. The van der Waals surface area contributed by atoms with E-state index in [1.54, 1.807) is 24.3 Å². The van der Waals surface area contributed by atoms with Crippen LogP contribution in [-0.2, 0) is 16.6 Å². The van der Waals surface area contributed by atoms with E-state index in [-0.39, 0.29) is 22.0 Å². The van der Waals surface area contributed by atoms with Crippen molar-refractivity contribution in [2.24, 2.45) is 0 Å². The summed E-state index contributed by atoms with van der Waals surface area (Å²) >= 11 is 7.63. The van der Waals surface area contributed by atoms with Crippen LogP contribution in [0.4, 0.5) is 5.69 Å². The van der Waals surface area contributed by atoms with Crippen LogP contribution in [0.25, 0.3) is 4.96 Å². The number of amides is 1. The lowest BCUT2D eigenvalue weighted by molar-refractivity contribution is 0.0950. The van der Waals surface area contributed by atoms with E-state index in [9.17, 15) is 13.2 Å². The zero-order valence-corrected chi connectivity index (χ0v) is 19.3. The molecule has 2 aromatic heterocycles. The van der Waals surface area contributed by atoms with E-state index in [0.717, 1.165) is 4.96 Å². The standard InChI is InChI=1S/C21H19ClN4O4S2/c1-2-30-17-6-4-15(5-7-17)25-32(28,29)19-11-14(3-8-18(19)22)20(27)23-12-16-13-26-9-10-31-21(26)24-16/h3-11,13,25H,2,12H2,1H3,(H,23,27). The summed E-state index contributed by atoms with van der Waals surface area (Å²) in [5.41, 5.74) is 1.21. The minimum atomic E-state index is -4.02. The van der Waals surface area contributed by atoms with Gasteiger partial charge in [-0.25, -0.2) is 13.4 Å². The van der Waals surface area contributed by atoms with Crippen molar-refractivity contribution < 1.29 is 17.9 Å². The second kappa shape index (κ2) is 9.19. The first-order valence-corrected chi connectivity index (χ1v) is 12.3. The first-order valence-electron chi connectivity index (χ1n) is 9.60. The second-order valence-corrected chi connectivity index (χ2v) is 9.65. The van der Waals surface area contributed by atoms with Crippen molar-refractivity contribution >= 4 is 49.5 Å². The van der Waals surface area contributed by atoms with E-state index in [4.69, 9.17) is 16.3 Å². The number of nitrogens with one attached hydrogen (secondary N) is 2. The molecular formula is C21H19ClN4O4S2. The van der Waals surface area contributed by atoms with Crippen molar-refractivity contribution in [2.45, 2.75) is 18.4 Å². The third-order valence-corrected chi connectivity index (χ3v) is 7.11. The molecule has 0 unspecified atom stereocenters. The van der Waals surface area contributed by atoms with Crippen LogP contribution in [0, 0.1) is 0 Å². The average Bonchev–Trinajstić information content (AvgIpc) is 3.35. The molecule has 0 saturated carbocycles. The van der Waals surface area contributed by atoms with Crippen LogP contribution < -0.4 is 14.8 Å². The maximum atomic E-state index is 12.9. The third kappa shape index (κ3) is 4.87. The van der Waals surface area contributed by atoms with Crippen LogP contribution in [0.3, 0.4) is 0 Å². The van der Waals surface area contributed by atoms with Crippen molar-refractivity contribution in [1.29, 1.82) is 0 Å². The molecule has 2 aromatic carbocycles. The van der Waals surface area contributed by atoms with Crippen molar-refractivity contribution in [3.63, 3.8) is 0 Å². The van der Waals surface area contributed by atoms with Gasteiger partial charge in [-0.3, -0.25) is 13.9 Å². The van der Waals surface area contributed by atoms with Gasteiger partial charge in [-0.2, -0.15) is 0 Å². The number of thiazole rings is 1. The van der Waals surface area contributed by atoms with E-state index < -0.39 is 15.9 Å². The molecule has 166 valence electrons. The fourth-order valence-corrected chi connectivity index (χ4v) is 5.29. The Balaban J connectivity index is 1.49. The Kier molecular flexibility index (Phi) is 6.35. The Bertz CT molecular complexity index is 1340. The number of rotatable bonds is 8. The van der Waals surface area contributed by atoms with Gasteiger partial charge in [0.25, 0.3) is 15.9 Å². The number of nitrogens with zero attached hydrogens (tertiary/aromatic N) is 2. The molecule has 8 nitrogen and oxygen atoms in total. The highest BCUT2D eigenvalue weighted by atomic mass is 35.5. The second-order valence-electron chi connectivity index (χ2n) is 6.72. The number of hydrogen-bond acceptors (Lipinski definition) is 6. The maximum Gasteiger partial charge on any atom is 0.263 e. The van der Waals surface area contributed by atoms with Crippen molar-refractivity contribution in [1.82, 2.24) is 14.7 Å². The lowest BCUT2D eigenvalue weighted by atomic mass is 10.2. The van der Waals surface area contributed by atoms with Gasteiger partial charge in [0.05, 0.1) is 23.9 Å². The van der Waals surface area contributed by atoms with Gasteiger partial charge >= 0.3 is 0 Å². The van der Waals surface area contributed by atoms with Gasteiger partial charge in [-0.15, -0.1) is 11.3 Å². The van der Waals surface area contributed by atoms with Gasteiger partial charge in [0, 0.05) is 29.0 Å². The molecular weight excluding hydrogens is 472 g/mol. The van der Waals surface area contributed by atoms with Crippen LogP contribution in [-0.4, -0.2) is 30.3 Å². The number of imidazole rings is 1. The molecule has 1 amide bonds. The molecule has 4 aromatic rings. The first kappa shape index (κ1) is 22.1. The topological polar surface area (TPSA) is 102 Å². The molecule has 2 N–H and O–H groups in total. The summed E-state index contributed by atoms with van der Waals surface area (Å²) < 4.78 is 35.5. The Hall–Kier alpha value is -3.08. The molecule has 0 bridgehead atoms. The molecule has 0 spiro atoms. The zero-order valence-electron chi connectivity index (χ0n) is 16.9. The van der Waals surface area contributed by atoms with Gasteiger partial charge in [0.1, 0.15) is 10.6 Å². The van der Waals surface area contributed by atoms with E-state index in [1.165, 1.54) is 29.5 Å². The number of fused-ring (bicyclic) bond motifs is 1. The molecule has 0 atom stereocenters. The van der Waals surface area contributed by atoms with Crippen LogP contribution in [0.5, 0.6) is 5.75 Å². The van der Waals surface area contributed by atoms with Crippen LogP contribution in [0.2, 0.25) is 5.02 Å². The Morgan fingerprint density at radius 2 is 2.00 bits per heavy atom. The lowest BCUT2D eigenvalue weighted by Crippen LogP contribution is -2.23. The number of anilines is 1. The fourth-order valence-electron chi connectivity index (χ4n) is 2.98. The number of aromatic nitrogens is 2. The largest absolute Gasteiger partial charge is 0.494 e. The predicted molar refractivity (Wildman–Crippen MR) is 124 cm³/mol. The van der Waals surface area contributed by atoms with E-state index in [0.29, 0.717) is 23.7 Å². The maximum absolute atomic E-state index is 12.9. The van der Waals surface area contributed by atoms with Crippen LogP contribution >= 0.6 is 22.9 Å². The number of carbonyl (C=O) groups is 1. The minimum Gasteiger partial charge on any atom is -0.494 e. The average molecular weight is 491 g/mol. The van der Waals surface area contributed by atoms with Crippen molar-refractivity contribution in [3.8, 4) is 5.75 Å². The van der Waals surface area contributed by atoms with Crippen molar-refractivity contribution in [2.75, 3.05) is 11.3 Å².